The van der Waals surface area contributed by atoms with Crippen LogP contribution in [0.5, 0.6) is 0 Å². The van der Waals surface area contributed by atoms with Crippen molar-refractivity contribution in [1.82, 2.24) is 14.7 Å². The van der Waals surface area contributed by atoms with E-state index in [1.54, 1.807) is 58.9 Å². The number of ketones is 1. The maximum Gasteiger partial charge on any atom is 0.420 e. The highest BCUT2D eigenvalue weighted by atomic mass is 16.6. The minimum absolute atomic E-state index is 0.0962. The molecule has 1 atom stereocenters. The van der Waals surface area contributed by atoms with E-state index >= 15 is 0 Å². The Balaban J connectivity index is 1.88. The molecule has 1 aliphatic heterocycles. The number of Topliss-reactive ketones (excluding diaryl/α,β-unsaturated/α-hetero) is 1. The van der Waals surface area contributed by atoms with E-state index in [0.717, 1.165) is 0 Å². The van der Waals surface area contributed by atoms with E-state index in [1.165, 1.54) is 4.57 Å². The topological polar surface area (TPSA) is 109 Å². The number of hydrogen-bond acceptors (Lipinski definition) is 8. The summed E-state index contributed by atoms with van der Waals surface area (Å²) in [5, 5.41) is 4.00. The lowest BCUT2D eigenvalue weighted by molar-refractivity contribution is -0.0152. The van der Waals surface area contributed by atoms with Crippen LogP contribution in [0, 0.1) is 13.8 Å². The van der Waals surface area contributed by atoms with Crippen molar-refractivity contribution in [3.63, 3.8) is 0 Å². The zero-order chi connectivity index (χ0) is 24.7. The molecule has 9 heteroatoms. The molecule has 3 heterocycles. The summed E-state index contributed by atoms with van der Waals surface area (Å²) >= 11 is 0. The molecule has 2 aromatic heterocycles. The molecule has 0 saturated heterocycles. The quantitative estimate of drug-likeness (QED) is 0.500. The van der Waals surface area contributed by atoms with Crippen molar-refractivity contribution < 1.29 is 23.6 Å². The third kappa shape index (κ3) is 4.19. The maximum absolute atomic E-state index is 14.1. The zero-order valence-corrected chi connectivity index (χ0v) is 20.2. The van der Waals surface area contributed by atoms with Crippen LogP contribution in [-0.2, 0) is 9.47 Å². The van der Waals surface area contributed by atoms with Gasteiger partial charge in [0.15, 0.2) is 5.82 Å². The molecular weight excluding hydrogens is 436 g/mol. The van der Waals surface area contributed by atoms with Crippen molar-refractivity contribution in [1.29, 1.82) is 0 Å². The average molecular weight is 465 g/mol. The zero-order valence-electron chi connectivity index (χ0n) is 20.2. The van der Waals surface area contributed by atoms with Gasteiger partial charge in [0.05, 0.1) is 28.0 Å². The number of imidazole rings is 1. The summed E-state index contributed by atoms with van der Waals surface area (Å²) in [4.78, 5) is 36.5. The Kier molecular flexibility index (Phi) is 5.99. The Morgan fingerprint density at radius 1 is 1.21 bits per heavy atom. The summed E-state index contributed by atoms with van der Waals surface area (Å²) < 4.78 is 18.1. The molecule has 0 saturated carbocycles. The normalized spacial score (nSPS) is 18.2. The Morgan fingerprint density at radius 2 is 1.94 bits per heavy atom. The fraction of sp³-hybridized carbons (Fsp3) is 0.400. The molecule has 1 unspecified atom stereocenters. The van der Waals surface area contributed by atoms with Gasteiger partial charge in [-0.2, -0.15) is 0 Å². The molecule has 0 amide bonds. The first-order valence-electron chi connectivity index (χ1n) is 11.2. The monoisotopic (exact) mass is 464 g/mol. The SMILES string of the molecule is CCOC1(C(=O)c2nc3ccccc3n2C(=O)OC(C)(C)C)CC=CC(c2c(C)noc2C)=N1. The number of carbonyl (C=O) groups excluding carboxylic acids is 2. The summed E-state index contributed by atoms with van der Waals surface area (Å²) in [6.07, 6.45) is 3.12. The van der Waals surface area contributed by atoms with E-state index in [1.807, 2.05) is 19.1 Å². The van der Waals surface area contributed by atoms with E-state index in [9.17, 15) is 9.59 Å². The number of aromatic nitrogens is 3. The van der Waals surface area contributed by atoms with Crippen molar-refractivity contribution in [3.8, 4) is 0 Å². The summed E-state index contributed by atoms with van der Waals surface area (Å²) in [5.74, 6) is -0.0484. The van der Waals surface area contributed by atoms with Gasteiger partial charge in [-0.25, -0.2) is 19.3 Å². The van der Waals surface area contributed by atoms with Gasteiger partial charge in [-0.05, 0) is 59.8 Å². The Hall–Kier alpha value is -3.59. The summed E-state index contributed by atoms with van der Waals surface area (Å²) in [6.45, 7) is 10.9. The molecule has 9 nitrogen and oxygen atoms in total. The fourth-order valence-corrected chi connectivity index (χ4v) is 3.98. The fourth-order valence-electron chi connectivity index (χ4n) is 3.98. The van der Waals surface area contributed by atoms with Crippen LogP contribution < -0.4 is 0 Å². The highest BCUT2D eigenvalue weighted by Gasteiger charge is 2.44. The molecule has 0 radical (unpaired) electrons. The molecule has 4 rings (SSSR count). The second-order valence-corrected chi connectivity index (χ2v) is 9.09. The lowest BCUT2D eigenvalue weighted by atomic mass is 9.97. The second kappa shape index (κ2) is 8.64. The number of rotatable bonds is 5. The smallest absolute Gasteiger partial charge is 0.420 e. The van der Waals surface area contributed by atoms with Gasteiger partial charge >= 0.3 is 6.09 Å². The largest absolute Gasteiger partial charge is 0.443 e. The van der Waals surface area contributed by atoms with Crippen molar-refractivity contribution in [3.05, 3.63) is 59.3 Å². The lowest BCUT2D eigenvalue weighted by Gasteiger charge is -2.30. The van der Waals surface area contributed by atoms with Gasteiger partial charge in [0.1, 0.15) is 11.4 Å². The number of benzene rings is 1. The van der Waals surface area contributed by atoms with Crippen molar-refractivity contribution in [2.24, 2.45) is 4.99 Å². The van der Waals surface area contributed by atoms with E-state index in [-0.39, 0.29) is 18.9 Å². The van der Waals surface area contributed by atoms with Gasteiger partial charge in [0.2, 0.25) is 5.72 Å². The third-order valence-corrected chi connectivity index (χ3v) is 5.34. The third-order valence-electron chi connectivity index (χ3n) is 5.34. The van der Waals surface area contributed by atoms with E-state index in [2.05, 4.69) is 10.1 Å². The van der Waals surface area contributed by atoms with Crippen molar-refractivity contribution >= 4 is 28.6 Å². The van der Waals surface area contributed by atoms with Crippen LogP contribution in [-0.4, -0.2) is 50.2 Å². The van der Waals surface area contributed by atoms with Crippen LogP contribution in [0.15, 0.2) is 45.9 Å². The molecule has 34 heavy (non-hydrogen) atoms. The molecule has 0 fully saturated rings. The first-order valence-corrected chi connectivity index (χ1v) is 11.2. The Bertz CT molecular complexity index is 1310. The first kappa shape index (κ1) is 23.6. The predicted molar refractivity (Wildman–Crippen MR) is 126 cm³/mol. The van der Waals surface area contributed by atoms with Crippen LogP contribution in [0.25, 0.3) is 11.0 Å². The molecule has 0 bridgehead atoms. The standard InChI is InChI=1S/C25H28N4O5/c1-7-32-25(14-10-12-18(27-25)20-15(2)28-34-16(20)3)21(30)22-26-17-11-8-9-13-19(17)29(22)23(31)33-24(4,5)6/h8-13H,7,14H2,1-6H3. The van der Waals surface area contributed by atoms with E-state index in [0.29, 0.717) is 33.8 Å². The Labute approximate surface area is 197 Å². The molecule has 0 N–H and O–H groups in total. The molecular formula is C25H28N4O5. The number of ether oxygens (including phenoxy) is 2. The Morgan fingerprint density at radius 3 is 2.59 bits per heavy atom. The minimum atomic E-state index is -1.60. The van der Waals surface area contributed by atoms with Gasteiger partial charge < -0.3 is 14.0 Å². The number of aryl methyl sites for hydroxylation is 2. The highest BCUT2D eigenvalue weighted by molar-refractivity contribution is 6.14. The summed E-state index contributed by atoms with van der Waals surface area (Å²) in [5.41, 5.74) is 0.468. The van der Waals surface area contributed by atoms with Crippen LogP contribution >= 0.6 is 0 Å². The van der Waals surface area contributed by atoms with Crippen LogP contribution in [0.2, 0.25) is 0 Å². The van der Waals surface area contributed by atoms with Crippen molar-refractivity contribution in [2.75, 3.05) is 6.61 Å². The number of aliphatic imine (C=N–C) groups is 1. The second-order valence-electron chi connectivity index (χ2n) is 9.09. The van der Waals surface area contributed by atoms with E-state index < -0.39 is 23.2 Å². The number of fused-ring (bicyclic) bond motifs is 1. The molecule has 1 aliphatic rings. The number of para-hydroxylation sites is 2. The van der Waals surface area contributed by atoms with Gasteiger partial charge in [-0.1, -0.05) is 23.4 Å². The molecule has 1 aromatic carbocycles. The van der Waals surface area contributed by atoms with Crippen molar-refractivity contribution in [2.45, 2.75) is 59.3 Å². The average Bonchev–Trinajstić information content (AvgIpc) is 3.32. The van der Waals surface area contributed by atoms with E-state index in [4.69, 9.17) is 19.0 Å². The van der Waals surface area contributed by atoms with Crippen LogP contribution in [0.1, 0.15) is 61.8 Å². The number of nitrogens with zero attached hydrogens (tertiary/aromatic N) is 4. The predicted octanol–water partition coefficient (Wildman–Crippen LogP) is 4.79. The maximum atomic E-state index is 14.1. The molecule has 0 aliphatic carbocycles. The van der Waals surface area contributed by atoms with Gasteiger partial charge in [0, 0.05) is 13.0 Å². The summed E-state index contributed by atoms with van der Waals surface area (Å²) in [6, 6.07) is 7.02. The highest BCUT2D eigenvalue weighted by Crippen LogP contribution is 2.31. The first-order chi connectivity index (χ1) is 16.1. The number of carbonyl (C=O) groups is 2. The number of allylic oxidation sites excluding steroid dienone is 1. The van der Waals surface area contributed by atoms with Gasteiger partial charge in [-0.15, -0.1) is 0 Å². The van der Waals surface area contributed by atoms with Crippen LogP contribution in [0.4, 0.5) is 4.79 Å². The minimum Gasteiger partial charge on any atom is -0.443 e. The number of dihydropyridines is 1. The van der Waals surface area contributed by atoms with Gasteiger partial charge in [-0.3, -0.25) is 4.79 Å². The molecule has 3 aromatic rings. The molecule has 178 valence electrons. The number of hydrogen-bond donors (Lipinski definition) is 0. The summed E-state index contributed by atoms with van der Waals surface area (Å²) in [7, 11) is 0. The lowest BCUT2D eigenvalue weighted by Crippen LogP contribution is -2.44. The molecule has 0 spiro atoms. The van der Waals surface area contributed by atoms with Crippen LogP contribution in [0.3, 0.4) is 0 Å². The van der Waals surface area contributed by atoms with Gasteiger partial charge in [0.25, 0.3) is 5.78 Å².